The van der Waals surface area contributed by atoms with Crippen LogP contribution in [0.15, 0.2) is 140 Å². The van der Waals surface area contributed by atoms with Crippen LogP contribution in [0.2, 0.25) is 0 Å². The van der Waals surface area contributed by atoms with Crippen LogP contribution in [0.3, 0.4) is 0 Å². The van der Waals surface area contributed by atoms with E-state index in [4.69, 9.17) is 0 Å². The third-order valence-electron chi connectivity index (χ3n) is 7.58. The van der Waals surface area contributed by atoms with Crippen LogP contribution in [0, 0.1) is 0 Å². The van der Waals surface area contributed by atoms with Crippen molar-refractivity contribution < 1.29 is 0 Å². The Labute approximate surface area is 224 Å². The molecule has 0 saturated heterocycles. The lowest BCUT2D eigenvalue weighted by molar-refractivity contribution is 1.29. The first kappa shape index (κ1) is 21.4. The van der Waals surface area contributed by atoms with Crippen LogP contribution >= 0.6 is 11.3 Å². The normalized spacial score (nSPS) is 11.7. The van der Waals surface area contributed by atoms with Crippen LogP contribution in [-0.4, -0.2) is 0 Å². The number of hydrogen-bond acceptors (Lipinski definition) is 2. The molecular weight excluding hydrogens is 478 g/mol. The number of benzene rings is 7. The van der Waals surface area contributed by atoms with Crippen molar-refractivity contribution in [1.82, 2.24) is 0 Å². The number of hydrogen-bond donors (Lipinski definition) is 0. The Morgan fingerprint density at radius 1 is 0.368 bits per heavy atom. The second-order valence-corrected chi connectivity index (χ2v) is 10.9. The highest BCUT2D eigenvalue weighted by Crippen LogP contribution is 2.41. The van der Waals surface area contributed by atoms with E-state index >= 15 is 0 Å². The Morgan fingerprint density at radius 3 is 1.74 bits per heavy atom. The zero-order chi connectivity index (χ0) is 25.1. The Balaban J connectivity index is 1.39. The lowest BCUT2D eigenvalue weighted by Gasteiger charge is -2.25. The van der Waals surface area contributed by atoms with Crippen LogP contribution < -0.4 is 4.90 Å². The molecule has 0 bridgehead atoms. The van der Waals surface area contributed by atoms with E-state index in [1.165, 1.54) is 52.5 Å². The van der Waals surface area contributed by atoms with Crippen LogP contribution in [-0.2, 0) is 0 Å². The lowest BCUT2D eigenvalue weighted by Crippen LogP contribution is -2.09. The van der Waals surface area contributed by atoms with Gasteiger partial charge >= 0.3 is 0 Å². The Bertz CT molecular complexity index is 2090. The molecule has 0 amide bonds. The quantitative estimate of drug-likeness (QED) is 0.218. The minimum Gasteiger partial charge on any atom is -0.310 e. The molecule has 1 aromatic heterocycles. The van der Waals surface area contributed by atoms with E-state index in [0.717, 1.165) is 17.1 Å². The van der Waals surface area contributed by atoms with Crippen molar-refractivity contribution in [3.8, 4) is 0 Å². The Morgan fingerprint density at radius 2 is 1.00 bits per heavy atom. The zero-order valence-corrected chi connectivity index (χ0v) is 21.5. The minimum absolute atomic E-state index is 1.15. The number of rotatable bonds is 3. The van der Waals surface area contributed by atoms with Crippen LogP contribution in [0.25, 0.3) is 52.5 Å². The van der Waals surface area contributed by atoms with Crippen molar-refractivity contribution in [3.63, 3.8) is 0 Å². The number of anilines is 3. The van der Waals surface area contributed by atoms with Gasteiger partial charge in [0.2, 0.25) is 0 Å². The summed E-state index contributed by atoms with van der Waals surface area (Å²) in [5.41, 5.74) is 3.45. The molecular formula is C36H23NS. The van der Waals surface area contributed by atoms with Crippen molar-refractivity contribution >= 4 is 80.9 Å². The van der Waals surface area contributed by atoms with Gasteiger partial charge in [-0.05, 0) is 86.9 Å². The highest BCUT2D eigenvalue weighted by molar-refractivity contribution is 7.25. The smallest absolute Gasteiger partial charge is 0.0468 e. The summed E-state index contributed by atoms with van der Waals surface area (Å²) in [6.07, 6.45) is 0. The van der Waals surface area contributed by atoms with E-state index < -0.39 is 0 Å². The molecule has 0 aliphatic carbocycles. The van der Waals surface area contributed by atoms with Gasteiger partial charge in [-0.1, -0.05) is 84.9 Å². The maximum absolute atomic E-state index is 2.42. The van der Waals surface area contributed by atoms with Gasteiger partial charge in [0.25, 0.3) is 0 Å². The van der Waals surface area contributed by atoms with Crippen molar-refractivity contribution in [2.24, 2.45) is 0 Å². The van der Waals surface area contributed by atoms with E-state index in [0.29, 0.717) is 0 Å². The third-order valence-corrected chi connectivity index (χ3v) is 8.72. The molecule has 0 N–H and O–H groups in total. The summed E-state index contributed by atoms with van der Waals surface area (Å²) in [5, 5.41) is 10.4. The van der Waals surface area contributed by atoms with Crippen LogP contribution in [0.1, 0.15) is 0 Å². The van der Waals surface area contributed by atoms with Gasteiger partial charge in [0.15, 0.2) is 0 Å². The standard InChI is InChI=1S/C36H23NS/c1-3-9-27(10-4-1)37(28-11-5-2-6-12-28)29-19-20-30-25(21-29)17-15-24-16-18-26-22-35-33(23-32(26)36(24)30)31-13-7-8-14-34(31)38-35/h1-23H. The van der Waals surface area contributed by atoms with Crippen molar-refractivity contribution in [2.45, 2.75) is 0 Å². The second-order valence-electron chi connectivity index (χ2n) is 9.81. The summed E-state index contributed by atoms with van der Waals surface area (Å²) in [4.78, 5) is 2.33. The first-order chi connectivity index (χ1) is 18.8. The summed E-state index contributed by atoms with van der Waals surface area (Å²) in [6.45, 7) is 0. The maximum Gasteiger partial charge on any atom is 0.0468 e. The molecule has 2 heteroatoms. The molecule has 178 valence electrons. The first-order valence-electron chi connectivity index (χ1n) is 12.9. The number of para-hydroxylation sites is 2. The van der Waals surface area contributed by atoms with Crippen LogP contribution in [0.4, 0.5) is 17.1 Å². The molecule has 0 fully saturated rings. The first-order valence-corrected chi connectivity index (χ1v) is 13.8. The van der Waals surface area contributed by atoms with Crippen molar-refractivity contribution in [3.05, 3.63) is 140 Å². The molecule has 0 aliphatic heterocycles. The summed E-state index contributed by atoms with van der Waals surface area (Å²) in [5.74, 6) is 0. The van der Waals surface area contributed by atoms with Gasteiger partial charge in [-0.15, -0.1) is 11.3 Å². The molecule has 1 nitrogen and oxygen atoms in total. The molecule has 7 aromatic carbocycles. The molecule has 1 heterocycles. The molecule has 8 rings (SSSR count). The van der Waals surface area contributed by atoms with Gasteiger partial charge in [-0.3, -0.25) is 0 Å². The fraction of sp³-hybridized carbons (Fsp3) is 0. The summed E-state index contributed by atoms with van der Waals surface area (Å²) < 4.78 is 2.69. The summed E-state index contributed by atoms with van der Waals surface area (Å²) >= 11 is 1.88. The predicted octanol–water partition coefficient (Wildman–Crippen LogP) is 11.0. The zero-order valence-electron chi connectivity index (χ0n) is 20.6. The second kappa shape index (κ2) is 8.44. The number of fused-ring (bicyclic) bond motifs is 8. The van der Waals surface area contributed by atoms with Crippen molar-refractivity contribution in [1.29, 1.82) is 0 Å². The molecule has 0 aliphatic rings. The van der Waals surface area contributed by atoms with E-state index in [1.54, 1.807) is 0 Å². The predicted molar refractivity (Wildman–Crippen MR) is 167 cm³/mol. The molecule has 0 saturated carbocycles. The molecule has 38 heavy (non-hydrogen) atoms. The van der Waals surface area contributed by atoms with Crippen LogP contribution in [0.5, 0.6) is 0 Å². The fourth-order valence-corrected chi connectivity index (χ4v) is 6.97. The molecule has 0 radical (unpaired) electrons. The summed E-state index contributed by atoms with van der Waals surface area (Å²) in [7, 11) is 0. The number of thiophene rings is 1. The highest BCUT2D eigenvalue weighted by atomic mass is 32.1. The van der Waals surface area contributed by atoms with Gasteiger partial charge in [-0.2, -0.15) is 0 Å². The van der Waals surface area contributed by atoms with E-state index in [2.05, 4.69) is 144 Å². The van der Waals surface area contributed by atoms with E-state index in [9.17, 15) is 0 Å². The fourth-order valence-electron chi connectivity index (χ4n) is 5.84. The third kappa shape index (κ3) is 3.31. The van der Waals surface area contributed by atoms with Gasteiger partial charge in [-0.25, -0.2) is 0 Å². The SMILES string of the molecule is c1ccc(N(c2ccccc2)c2ccc3c(ccc4ccc5cc6sc7ccccc7c6cc5c43)c2)cc1. The largest absolute Gasteiger partial charge is 0.310 e. The topological polar surface area (TPSA) is 3.24 Å². The maximum atomic E-state index is 2.42. The van der Waals surface area contributed by atoms with Gasteiger partial charge in [0, 0.05) is 37.2 Å². The molecule has 0 atom stereocenters. The molecule has 0 spiro atoms. The van der Waals surface area contributed by atoms with Gasteiger partial charge in [0.1, 0.15) is 0 Å². The van der Waals surface area contributed by atoms with E-state index in [-0.39, 0.29) is 0 Å². The van der Waals surface area contributed by atoms with Gasteiger partial charge < -0.3 is 4.90 Å². The lowest BCUT2D eigenvalue weighted by atomic mass is 9.95. The molecule has 0 unspecified atom stereocenters. The van der Waals surface area contributed by atoms with E-state index in [1.807, 2.05) is 11.3 Å². The van der Waals surface area contributed by atoms with Crippen molar-refractivity contribution in [2.75, 3.05) is 4.90 Å². The molecule has 8 aromatic rings. The highest BCUT2D eigenvalue weighted by Gasteiger charge is 2.14. The monoisotopic (exact) mass is 501 g/mol. The average molecular weight is 502 g/mol. The Kier molecular flexibility index (Phi) is 4.76. The number of nitrogens with zero attached hydrogens (tertiary/aromatic N) is 1. The average Bonchev–Trinajstić information content (AvgIpc) is 3.34. The van der Waals surface area contributed by atoms with Gasteiger partial charge in [0.05, 0.1) is 0 Å². The minimum atomic E-state index is 1.15. The summed E-state index contributed by atoms with van der Waals surface area (Å²) in [6, 6.07) is 50.7. The Hall–Kier alpha value is -4.66.